The Bertz CT molecular complexity index is 1240. The van der Waals surface area contributed by atoms with Crippen LogP contribution in [0.25, 0.3) is 0 Å². The van der Waals surface area contributed by atoms with E-state index in [0.29, 0.717) is 36.7 Å². The van der Waals surface area contributed by atoms with E-state index >= 15 is 0 Å². The van der Waals surface area contributed by atoms with Gasteiger partial charge in [0.1, 0.15) is 11.5 Å². The largest absolute Gasteiger partial charge is 0.543 e. The lowest BCUT2D eigenvalue weighted by atomic mass is 10.3. The van der Waals surface area contributed by atoms with Crippen LogP contribution in [0, 0.1) is 0 Å². The van der Waals surface area contributed by atoms with Crippen LogP contribution in [-0.2, 0) is 14.0 Å². The summed E-state index contributed by atoms with van der Waals surface area (Å²) in [6, 6.07) is 9.87. The zero-order chi connectivity index (χ0) is 36.6. The Hall–Kier alpha value is -0.666. The Balaban J connectivity index is 0.000000699. The lowest BCUT2D eigenvalue weighted by molar-refractivity contribution is -0.0506. The van der Waals surface area contributed by atoms with E-state index in [1.54, 1.807) is 53.7 Å². The smallest absolute Gasteiger partial charge is 0.522 e. The second-order valence-corrected chi connectivity index (χ2v) is 27.3. The zero-order valence-corrected chi connectivity index (χ0v) is 34.4. The molecule has 5 nitrogen and oxygen atoms in total. The molecule has 0 fully saturated rings. The monoisotopic (exact) mass is 786 g/mol. The fourth-order valence-corrected chi connectivity index (χ4v) is 20.7. The fourth-order valence-electron chi connectivity index (χ4n) is 6.21. The maximum atomic E-state index is 12.5. The minimum Gasteiger partial charge on any atom is -0.543 e. The normalized spacial score (nSPS) is 12.9. The van der Waals surface area contributed by atoms with Gasteiger partial charge in [-0.3, -0.25) is 0 Å². The van der Waals surface area contributed by atoms with Crippen molar-refractivity contribution in [1.82, 2.24) is 0 Å². The molecule has 2 aromatic carbocycles. The lowest BCUT2D eigenvalue weighted by Crippen LogP contribution is -2.51. The quantitative estimate of drug-likeness (QED) is 0.192. The molecular formula is C31H49Cl4F3O5SSi2. The van der Waals surface area contributed by atoms with Gasteiger partial charge in [-0.25, -0.2) is 0 Å². The number of hydrogen-bond donors (Lipinski definition) is 1. The van der Waals surface area contributed by atoms with E-state index in [9.17, 15) is 21.6 Å². The van der Waals surface area contributed by atoms with Crippen molar-refractivity contribution in [3.8, 4) is 11.5 Å². The standard InChI is InChI=1S/C15H24Cl2OSi.C10H21F3O3SSi.C6H4Cl2O/c1-10(2)19(11(3)4,12(5)6)18-15-8-13(16)7-14(17)9-15;1-7(2)18(8(3)4,9(5)6)16-17(14,15)10(11,12)13;7-4-1-5(8)3-6(9)2-4/h7-12H,1-6H3;7-9H,1-6H3;1-3,9H. The highest BCUT2D eigenvalue weighted by Crippen LogP contribution is 2.46. The molecule has 0 aliphatic rings. The predicted molar refractivity (Wildman–Crippen MR) is 193 cm³/mol. The molecule has 0 saturated heterocycles. The highest BCUT2D eigenvalue weighted by molar-refractivity contribution is 7.88. The third-order valence-corrected chi connectivity index (χ3v) is 22.8. The van der Waals surface area contributed by atoms with Crippen molar-refractivity contribution in [2.45, 2.75) is 122 Å². The molecule has 0 aromatic heterocycles. The Labute approximate surface area is 296 Å². The number of halogens is 7. The van der Waals surface area contributed by atoms with Gasteiger partial charge in [-0.1, -0.05) is 129 Å². The molecule has 2 rings (SSSR count). The zero-order valence-electron chi connectivity index (χ0n) is 28.6. The average molecular weight is 789 g/mol. The van der Waals surface area contributed by atoms with E-state index in [1.807, 2.05) is 12.1 Å². The third kappa shape index (κ3) is 12.3. The van der Waals surface area contributed by atoms with Crippen molar-refractivity contribution >= 4 is 73.2 Å². The van der Waals surface area contributed by atoms with Gasteiger partial charge in [0.25, 0.3) is 8.32 Å². The summed E-state index contributed by atoms with van der Waals surface area (Å²) in [6.45, 7) is 23.9. The summed E-state index contributed by atoms with van der Waals surface area (Å²) >= 11 is 23.1. The molecule has 0 bridgehead atoms. The van der Waals surface area contributed by atoms with Crippen LogP contribution >= 0.6 is 46.4 Å². The van der Waals surface area contributed by atoms with E-state index in [0.717, 1.165) is 5.75 Å². The Morgan fingerprint density at radius 1 is 0.587 bits per heavy atom. The van der Waals surface area contributed by atoms with Crippen molar-refractivity contribution < 1.29 is 35.0 Å². The summed E-state index contributed by atoms with van der Waals surface area (Å²) in [4.78, 5) is 0. The van der Waals surface area contributed by atoms with Crippen molar-refractivity contribution in [3.05, 3.63) is 56.5 Å². The van der Waals surface area contributed by atoms with Crippen LogP contribution in [0.2, 0.25) is 53.3 Å². The molecule has 266 valence electrons. The van der Waals surface area contributed by atoms with Gasteiger partial charge in [0.15, 0.2) is 0 Å². The molecule has 0 radical (unpaired) electrons. The molecule has 15 heteroatoms. The van der Waals surface area contributed by atoms with Gasteiger partial charge < -0.3 is 13.4 Å². The van der Waals surface area contributed by atoms with Gasteiger partial charge >= 0.3 is 15.6 Å². The van der Waals surface area contributed by atoms with Crippen molar-refractivity contribution in [2.24, 2.45) is 0 Å². The second kappa shape index (κ2) is 18.4. The lowest BCUT2D eigenvalue weighted by Gasteiger charge is -2.42. The first-order valence-corrected chi connectivity index (χ1v) is 22.2. The molecule has 0 heterocycles. The molecule has 0 atom stereocenters. The van der Waals surface area contributed by atoms with Crippen LogP contribution in [0.3, 0.4) is 0 Å². The Morgan fingerprint density at radius 3 is 1.11 bits per heavy atom. The summed E-state index contributed by atoms with van der Waals surface area (Å²) in [6.07, 6.45) is 0. The fraction of sp³-hybridized carbons (Fsp3) is 0.613. The molecule has 2 aromatic rings. The number of rotatable bonds is 10. The van der Waals surface area contributed by atoms with Gasteiger partial charge in [0, 0.05) is 20.1 Å². The van der Waals surface area contributed by atoms with Gasteiger partial charge in [0.2, 0.25) is 8.32 Å². The minimum absolute atomic E-state index is 0.0903. The highest BCUT2D eigenvalue weighted by Gasteiger charge is 2.56. The van der Waals surface area contributed by atoms with E-state index < -0.39 is 32.3 Å². The molecule has 0 aliphatic carbocycles. The molecular weight excluding hydrogens is 739 g/mol. The summed E-state index contributed by atoms with van der Waals surface area (Å²) in [5.74, 6) is 0.896. The van der Waals surface area contributed by atoms with Crippen LogP contribution in [0.15, 0.2) is 36.4 Å². The first-order chi connectivity index (χ1) is 20.7. The van der Waals surface area contributed by atoms with Gasteiger partial charge in [0.05, 0.1) is 0 Å². The van der Waals surface area contributed by atoms with Crippen molar-refractivity contribution in [3.63, 3.8) is 0 Å². The first-order valence-electron chi connectivity index (χ1n) is 15.0. The second-order valence-electron chi connectivity index (χ2n) is 13.0. The van der Waals surface area contributed by atoms with Crippen LogP contribution in [0.4, 0.5) is 13.2 Å². The molecule has 0 amide bonds. The summed E-state index contributed by atoms with van der Waals surface area (Å²) < 4.78 is 71.2. The van der Waals surface area contributed by atoms with Gasteiger partial charge in [-0.05, 0) is 69.6 Å². The first kappa shape index (κ1) is 45.3. The van der Waals surface area contributed by atoms with Crippen molar-refractivity contribution in [1.29, 1.82) is 0 Å². The number of hydrogen-bond acceptors (Lipinski definition) is 5. The van der Waals surface area contributed by atoms with E-state index in [4.69, 9.17) is 59.8 Å². The molecule has 1 N–H and O–H groups in total. The number of phenols is 1. The summed E-state index contributed by atoms with van der Waals surface area (Å²) in [5, 5.41) is 11.0. The van der Waals surface area contributed by atoms with Crippen LogP contribution < -0.4 is 4.43 Å². The Morgan fingerprint density at radius 2 is 0.870 bits per heavy atom. The summed E-state index contributed by atoms with van der Waals surface area (Å²) in [5.41, 5.74) is -4.44. The van der Waals surface area contributed by atoms with Gasteiger partial charge in [-0.2, -0.15) is 21.6 Å². The number of aromatic hydroxyl groups is 1. The topological polar surface area (TPSA) is 72.8 Å². The van der Waals surface area contributed by atoms with Crippen molar-refractivity contribution in [2.75, 3.05) is 0 Å². The highest BCUT2D eigenvalue weighted by atomic mass is 35.5. The van der Waals surface area contributed by atoms with Crippen LogP contribution in [0.5, 0.6) is 11.5 Å². The summed E-state index contributed by atoms with van der Waals surface area (Å²) in [7, 11) is -10.5. The maximum Gasteiger partial charge on any atom is 0.522 e. The molecule has 46 heavy (non-hydrogen) atoms. The third-order valence-electron chi connectivity index (χ3n) is 7.93. The molecule has 0 aliphatic heterocycles. The van der Waals surface area contributed by atoms with E-state index in [-0.39, 0.29) is 22.4 Å². The predicted octanol–water partition coefficient (Wildman–Crippen LogP) is 13.3. The van der Waals surface area contributed by atoms with Gasteiger partial charge in [-0.15, -0.1) is 0 Å². The van der Waals surface area contributed by atoms with E-state index in [1.165, 1.54) is 12.1 Å². The van der Waals surface area contributed by atoms with Crippen LogP contribution in [0.1, 0.15) is 83.1 Å². The Kier molecular flexibility index (Phi) is 18.1. The maximum absolute atomic E-state index is 12.5. The number of phenolic OH excluding ortho intramolecular Hbond substituents is 1. The number of benzene rings is 2. The average Bonchev–Trinajstić information content (AvgIpc) is 2.83. The van der Waals surface area contributed by atoms with E-state index in [2.05, 4.69) is 41.5 Å². The molecule has 0 saturated carbocycles. The minimum atomic E-state index is -5.53. The van der Waals surface area contributed by atoms with Crippen LogP contribution in [-0.4, -0.2) is 35.7 Å². The SMILES string of the molecule is CC(C)[Si](OS(=O)(=O)C(F)(F)F)(C(C)C)C(C)C.CC(C)[Si](Oc1cc(Cl)cc(Cl)c1)(C(C)C)C(C)C.Oc1cc(Cl)cc(Cl)c1. The number of alkyl halides is 3. The molecule has 0 unspecified atom stereocenters. The molecule has 0 spiro atoms.